The van der Waals surface area contributed by atoms with Gasteiger partial charge in [-0.25, -0.2) is 4.39 Å². The van der Waals surface area contributed by atoms with Crippen LogP contribution in [0.25, 0.3) is 0 Å². The van der Waals surface area contributed by atoms with E-state index < -0.39 is 0 Å². The van der Waals surface area contributed by atoms with Crippen molar-refractivity contribution in [1.29, 1.82) is 0 Å². The van der Waals surface area contributed by atoms with Gasteiger partial charge in [-0.1, -0.05) is 12.1 Å². The minimum absolute atomic E-state index is 0.154. The van der Waals surface area contributed by atoms with E-state index >= 15 is 0 Å². The number of rotatable bonds is 2. The summed E-state index contributed by atoms with van der Waals surface area (Å²) >= 11 is 0. The Morgan fingerprint density at radius 3 is 2.53 bits per heavy atom. The van der Waals surface area contributed by atoms with Crippen molar-refractivity contribution in [3.63, 3.8) is 0 Å². The fourth-order valence-electron chi connectivity index (χ4n) is 2.29. The molecule has 0 bridgehead atoms. The van der Waals surface area contributed by atoms with Crippen LogP contribution < -0.4 is 5.32 Å². The van der Waals surface area contributed by atoms with Crippen LogP contribution in [0.2, 0.25) is 0 Å². The molecule has 1 aromatic rings. The molecule has 1 saturated heterocycles. The maximum atomic E-state index is 12.7. The summed E-state index contributed by atoms with van der Waals surface area (Å²) in [5.74, 6) is -0.154. The zero-order chi connectivity index (χ0) is 10.9. The van der Waals surface area contributed by atoms with Crippen molar-refractivity contribution in [3.05, 3.63) is 35.6 Å². The second-order valence-corrected chi connectivity index (χ2v) is 5.09. The van der Waals surface area contributed by atoms with Crippen LogP contribution in [0.4, 0.5) is 4.39 Å². The van der Waals surface area contributed by atoms with E-state index in [1.165, 1.54) is 30.5 Å². The second kappa shape index (κ2) is 3.93. The van der Waals surface area contributed by atoms with Gasteiger partial charge in [-0.3, -0.25) is 0 Å². The minimum atomic E-state index is -0.154. The molecule has 1 heterocycles. The number of benzene rings is 1. The lowest BCUT2D eigenvalue weighted by atomic mass is 10.0. The quantitative estimate of drug-likeness (QED) is 0.786. The molecule has 2 heteroatoms. The lowest BCUT2D eigenvalue weighted by Crippen LogP contribution is -2.38. The highest BCUT2D eigenvalue weighted by molar-refractivity contribution is 5.17. The van der Waals surface area contributed by atoms with Gasteiger partial charge in [0.05, 0.1) is 0 Å². The average molecular weight is 207 g/mol. The zero-order valence-corrected chi connectivity index (χ0v) is 9.39. The first-order chi connectivity index (χ1) is 7.05. The molecule has 1 N–H and O–H groups in total. The van der Waals surface area contributed by atoms with Crippen molar-refractivity contribution in [2.24, 2.45) is 0 Å². The molecule has 0 aliphatic carbocycles. The molecule has 2 rings (SSSR count). The normalized spacial score (nSPS) is 24.3. The molecule has 0 spiro atoms. The van der Waals surface area contributed by atoms with Gasteiger partial charge in [0.1, 0.15) is 5.82 Å². The Balaban J connectivity index is 1.96. The van der Waals surface area contributed by atoms with Gasteiger partial charge in [0.25, 0.3) is 0 Å². The van der Waals surface area contributed by atoms with Crippen molar-refractivity contribution >= 4 is 0 Å². The Morgan fingerprint density at radius 1 is 1.33 bits per heavy atom. The van der Waals surface area contributed by atoms with Gasteiger partial charge < -0.3 is 5.32 Å². The van der Waals surface area contributed by atoms with Crippen LogP contribution in [0, 0.1) is 5.82 Å². The predicted molar refractivity (Wildman–Crippen MR) is 60.3 cm³/mol. The van der Waals surface area contributed by atoms with E-state index in [0.29, 0.717) is 6.04 Å². The van der Waals surface area contributed by atoms with E-state index in [0.717, 1.165) is 6.42 Å². The molecule has 0 unspecified atom stereocenters. The third-order valence-corrected chi connectivity index (χ3v) is 3.11. The largest absolute Gasteiger partial charge is 0.309 e. The highest BCUT2D eigenvalue weighted by Gasteiger charge is 2.29. The Labute approximate surface area is 90.7 Å². The van der Waals surface area contributed by atoms with E-state index in [4.69, 9.17) is 0 Å². The van der Waals surface area contributed by atoms with Crippen LogP contribution in [0.1, 0.15) is 32.3 Å². The summed E-state index contributed by atoms with van der Waals surface area (Å²) in [4.78, 5) is 0. The number of nitrogens with one attached hydrogen (secondary N) is 1. The van der Waals surface area contributed by atoms with Gasteiger partial charge in [0, 0.05) is 11.6 Å². The predicted octanol–water partition coefficient (Wildman–Crippen LogP) is 2.90. The summed E-state index contributed by atoms with van der Waals surface area (Å²) in [6, 6.07) is 7.38. The zero-order valence-electron chi connectivity index (χ0n) is 9.39. The number of hydrogen-bond donors (Lipinski definition) is 1. The van der Waals surface area contributed by atoms with Gasteiger partial charge in [0.15, 0.2) is 0 Å². The Kier molecular flexibility index (Phi) is 2.79. The third kappa shape index (κ3) is 2.78. The summed E-state index contributed by atoms with van der Waals surface area (Å²) in [7, 11) is 0. The van der Waals surface area contributed by atoms with Crippen LogP contribution >= 0.6 is 0 Å². The van der Waals surface area contributed by atoms with Crippen molar-refractivity contribution in [2.75, 3.05) is 0 Å². The molecule has 0 saturated carbocycles. The first kappa shape index (κ1) is 10.6. The van der Waals surface area contributed by atoms with Crippen LogP contribution in [-0.2, 0) is 6.42 Å². The standard InChI is InChI=1S/C13H18FN/c1-13(2)8-7-12(15-13)9-10-3-5-11(14)6-4-10/h3-6,12,15H,7-9H2,1-2H3/t12-/m1/s1. The second-order valence-electron chi connectivity index (χ2n) is 5.09. The van der Waals surface area contributed by atoms with Gasteiger partial charge >= 0.3 is 0 Å². The highest BCUT2D eigenvalue weighted by Crippen LogP contribution is 2.24. The van der Waals surface area contributed by atoms with E-state index in [2.05, 4.69) is 19.2 Å². The molecule has 82 valence electrons. The molecule has 1 nitrogen and oxygen atoms in total. The molecule has 0 aromatic heterocycles. The average Bonchev–Trinajstić information content (AvgIpc) is 2.50. The van der Waals surface area contributed by atoms with E-state index in [9.17, 15) is 4.39 Å². The van der Waals surface area contributed by atoms with Gasteiger partial charge in [-0.2, -0.15) is 0 Å². The van der Waals surface area contributed by atoms with Crippen molar-refractivity contribution in [3.8, 4) is 0 Å². The number of hydrogen-bond acceptors (Lipinski definition) is 1. The summed E-state index contributed by atoms with van der Waals surface area (Å²) < 4.78 is 12.7. The lowest BCUT2D eigenvalue weighted by molar-refractivity contribution is 0.427. The van der Waals surface area contributed by atoms with Gasteiger partial charge in [-0.05, 0) is 50.8 Å². The van der Waals surface area contributed by atoms with Crippen LogP contribution in [0.15, 0.2) is 24.3 Å². The molecule has 1 aliphatic rings. The summed E-state index contributed by atoms with van der Waals surface area (Å²) in [5, 5.41) is 3.60. The van der Waals surface area contributed by atoms with Crippen molar-refractivity contribution < 1.29 is 4.39 Å². The molecule has 1 atom stereocenters. The third-order valence-electron chi connectivity index (χ3n) is 3.11. The fraction of sp³-hybridized carbons (Fsp3) is 0.538. The first-order valence-corrected chi connectivity index (χ1v) is 5.57. The van der Waals surface area contributed by atoms with Crippen molar-refractivity contribution in [1.82, 2.24) is 5.32 Å². The molecule has 0 radical (unpaired) electrons. The summed E-state index contributed by atoms with van der Waals surface area (Å²) in [5.41, 5.74) is 1.48. The Hall–Kier alpha value is -0.890. The summed E-state index contributed by atoms with van der Waals surface area (Å²) in [6.45, 7) is 4.47. The monoisotopic (exact) mass is 207 g/mol. The van der Waals surface area contributed by atoms with Crippen LogP contribution in [0.5, 0.6) is 0 Å². The number of halogens is 1. The molecule has 1 aromatic carbocycles. The molecule has 15 heavy (non-hydrogen) atoms. The first-order valence-electron chi connectivity index (χ1n) is 5.57. The maximum absolute atomic E-state index is 12.7. The minimum Gasteiger partial charge on any atom is -0.309 e. The Morgan fingerprint density at radius 2 is 2.00 bits per heavy atom. The maximum Gasteiger partial charge on any atom is 0.123 e. The van der Waals surface area contributed by atoms with Crippen LogP contribution in [0.3, 0.4) is 0 Å². The Bertz CT molecular complexity index is 329. The smallest absolute Gasteiger partial charge is 0.123 e. The van der Waals surface area contributed by atoms with Gasteiger partial charge in [-0.15, -0.1) is 0 Å². The van der Waals surface area contributed by atoms with E-state index in [-0.39, 0.29) is 11.4 Å². The fourth-order valence-corrected chi connectivity index (χ4v) is 2.29. The topological polar surface area (TPSA) is 12.0 Å². The SMILES string of the molecule is CC1(C)CC[C@H](Cc2ccc(F)cc2)N1. The molecular formula is C13H18FN. The van der Waals surface area contributed by atoms with E-state index in [1.54, 1.807) is 0 Å². The molecule has 1 aliphatic heterocycles. The molecular weight excluding hydrogens is 189 g/mol. The lowest BCUT2D eigenvalue weighted by Gasteiger charge is -2.20. The summed E-state index contributed by atoms with van der Waals surface area (Å²) in [6.07, 6.45) is 3.44. The van der Waals surface area contributed by atoms with E-state index in [1.807, 2.05) is 12.1 Å². The molecule has 1 fully saturated rings. The highest BCUT2D eigenvalue weighted by atomic mass is 19.1. The molecule has 0 amide bonds. The van der Waals surface area contributed by atoms with Gasteiger partial charge in [0.2, 0.25) is 0 Å². The van der Waals surface area contributed by atoms with Crippen molar-refractivity contribution in [2.45, 2.75) is 44.7 Å². The van der Waals surface area contributed by atoms with Crippen LogP contribution in [-0.4, -0.2) is 11.6 Å².